The number of hydrogen-bond acceptors (Lipinski definition) is 2. The average Bonchev–Trinajstić information content (AvgIpc) is 3.13. The van der Waals surface area contributed by atoms with E-state index in [1.165, 1.54) is 29.2 Å². The third-order valence-corrected chi connectivity index (χ3v) is 5.19. The lowest BCUT2D eigenvalue weighted by Gasteiger charge is -2.29. The molecule has 2 amide bonds. The molecule has 1 heterocycles. The summed E-state index contributed by atoms with van der Waals surface area (Å²) >= 11 is 5.91. The Labute approximate surface area is 162 Å². The summed E-state index contributed by atoms with van der Waals surface area (Å²) in [5.74, 6) is -0.955. The molecule has 7 heteroatoms. The Kier molecular flexibility index (Phi) is 5.97. The van der Waals surface area contributed by atoms with Crippen LogP contribution >= 0.6 is 11.6 Å². The van der Waals surface area contributed by atoms with Crippen molar-refractivity contribution in [2.45, 2.75) is 19.0 Å². The van der Waals surface area contributed by atoms with E-state index in [1.807, 2.05) is 14.1 Å². The van der Waals surface area contributed by atoms with Gasteiger partial charge in [0.2, 0.25) is 0 Å². The number of carbonyl (C=O) groups excluding carboxylic acids is 1. The maximum Gasteiger partial charge on any atom is 0.324 e. The van der Waals surface area contributed by atoms with Crippen molar-refractivity contribution in [3.8, 4) is 0 Å². The van der Waals surface area contributed by atoms with Crippen LogP contribution < -0.4 is 4.90 Å². The minimum Gasteiger partial charge on any atom is -0.323 e. The molecule has 1 aliphatic heterocycles. The second kappa shape index (κ2) is 8.23. The van der Waals surface area contributed by atoms with E-state index in [2.05, 4.69) is 4.90 Å². The molecule has 0 unspecified atom stereocenters. The molecule has 0 radical (unpaired) electrons. The Morgan fingerprint density at radius 3 is 2.56 bits per heavy atom. The Balaban J connectivity index is 1.91. The number of rotatable bonds is 4. The van der Waals surface area contributed by atoms with E-state index in [0.717, 1.165) is 6.42 Å². The fraction of sp³-hybridized carbons (Fsp3) is 0.350. The van der Waals surface area contributed by atoms with Gasteiger partial charge in [0.15, 0.2) is 0 Å². The van der Waals surface area contributed by atoms with Crippen LogP contribution in [0.15, 0.2) is 42.5 Å². The van der Waals surface area contributed by atoms with E-state index in [-0.39, 0.29) is 23.6 Å². The molecule has 0 aliphatic carbocycles. The number of carbonyl (C=O) groups is 1. The Bertz CT molecular complexity index is 831. The second-order valence-corrected chi connectivity index (χ2v) is 7.32. The molecule has 1 saturated heterocycles. The molecule has 0 saturated carbocycles. The summed E-state index contributed by atoms with van der Waals surface area (Å²) in [6, 6.07) is 10.4. The third kappa shape index (κ3) is 4.39. The van der Waals surface area contributed by atoms with E-state index >= 15 is 0 Å². The molecule has 0 aromatic heterocycles. The number of anilines is 1. The highest BCUT2D eigenvalue weighted by atomic mass is 35.5. The topological polar surface area (TPSA) is 26.8 Å². The Morgan fingerprint density at radius 2 is 1.93 bits per heavy atom. The van der Waals surface area contributed by atoms with Gasteiger partial charge in [0.25, 0.3) is 0 Å². The maximum absolute atomic E-state index is 14.2. The molecule has 1 aliphatic rings. The monoisotopic (exact) mass is 393 g/mol. The molecule has 2 aromatic carbocycles. The first-order valence-corrected chi connectivity index (χ1v) is 9.16. The van der Waals surface area contributed by atoms with Gasteiger partial charge in [0.05, 0.1) is 11.6 Å². The van der Waals surface area contributed by atoms with Crippen molar-refractivity contribution < 1.29 is 13.6 Å². The molecular formula is C20H22ClF2N3O. The number of amides is 2. The predicted molar refractivity (Wildman–Crippen MR) is 103 cm³/mol. The van der Waals surface area contributed by atoms with Gasteiger partial charge >= 0.3 is 6.03 Å². The van der Waals surface area contributed by atoms with Crippen LogP contribution in [0.4, 0.5) is 19.3 Å². The Morgan fingerprint density at radius 1 is 1.19 bits per heavy atom. The number of nitrogens with zero attached hydrogens (tertiary/aromatic N) is 3. The van der Waals surface area contributed by atoms with Gasteiger partial charge in [-0.25, -0.2) is 13.6 Å². The lowest BCUT2D eigenvalue weighted by atomic mass is 10.2. The van der Waals surface area contributed by atoms with Gasteiger partial charge in [-0.15, -0.1) is 0 Å². The van der Waals surface area contributed by atoms with Crippen LogP contribution in [0.1, 0.15) is 12.0 Å². The normalized spacial score (nSPS) is 16.8. The largest absolute Gasteiger partial charge is 0.324 e. The highest BCUT2D eigenvalue weighted by molar-refractivity contribution is 6.31. The predicted octanol–water partition coefficient (Wildman–Crippen LogP) is 4.38. The first kappa shape index (κ1) is 19.6. The Hall–Kier alpha value is -2.18. The summed E-state index contributed by atoms with van der Waals surface area (Å²) < 4.78 is 27.8. The standard InChI is InChI=1S/C20H22ClF2N3O/c1-24(2)16-9-10-25(13-16)20(27)26(12-14-5-3-4-6-18(14)22)15-7-8-19(23)17(21)11-15/h3-8,11,16H,9-10,12-13H2,1-2H3/t16-/m0/s1. The zero-order valence-electron chi connectivity index (χ0n) is 15.3. The highest BCUT2D eigenvalue weighted by Gasteiger charge is 2.31. The number of halogens is 3. The summed E-state index contributed by atoms with van der Waals surface area (Å²) in [7, 11) is 3.96. The van der Waals surface area contributed by atoms with Crippen molar-refractivity contribution in [3.05, 3.63) is 64.7 Å². The quantitative estimate of drug-likeness (QED) is 0.770. The van der Waals surface area contributed by atoms with Crippen LogP contribution in [-0.4, -0.2) is 49.1 Å². The van der Waals surface area contributed by atoms with Crippen LogP contribution in [0.3, 0.4) is 0 Å². The van der Waals surface area contributed by atoms with Crippen LogP contribution in [0.25, 0.3) is 0 Å². The minimum absolute atomic E-state index is 0.0383. The zero-order chi connectivity index (χ0) is 19.6. The summed E-state index contributed by atoms with van der Waals surface area (Å²) in [6.07, 6.45) is 0.871. The second-order valence-electron chi connectivity index (χ2n) is 6.91. The number of hydrogen-bond donors (Lipinski definition) is 0. The summed E-state index contributed by atoms with van der Waals surface area (Å²) in [4.78, 5) is 18.5. The van der Waals surface area contributed by atoms with Gasteiger partial charge in [0.1, 0.15) is 11.6 Å². The molecule has 1 atom stereocenters. The van der Waals surface area contributed by atoms with Crippen molar-refractivity contribution >= 4 is 23.3 Å². The van der Waals surface area contributed by atoms with Crippen molar-refractivity contribution in [3.63, 3.8) is 0 Å². The number of urea groups is 1. The molecule has 27 heavy (non-hydrogen) atoms. The molecule has 2 aromatic rings. The highest BCUT2D eigenvalue weighted by Crippen LogP contribution is 2.27. The van der Waals surface area contributed by atoms with Gasteiger partial charge in [-0.2, -0.15) is 0 Å². The van der Waals surface area contributed by atoms with Gasteiger partial charge in [-0.05, 0) is 44.8 Å². The summed E-state index contributed by atoms with van der Waals surface area (Å²) in [6.45, 7) is 1.25. The fourth-order valence-electron chi connectivity index (χ4n) is 3.23. The number of benzene rings is 2. The van der Waals surface area contributed by atoms with Crippen LogP contribution in [0.2, 0.25) is 5.02 Å². The van der Waals surface area contributed by atoms with E-state index < -0.39 is 11.6 Å². The van der Waals surface area contributed by atoms with Crippen molar-refractivity contribution in [2.75, 3.05) is 32.1 Å². The summed E-state index contributed by atoms with van der Waals surface area (Å²) in [5, 5.41) is -0.0774. The van der Waals surface area contributed by atoms with Gasteiger partial charge in [0, 0.05) is 30.4 Å². The third-order valence-electron chi connectivity index (χ3n) is 4.90. The molecular weight excluding hydrogens is 372 g/mol. The van der Waals surface area contributed by atoms with Crippen molar-refractivity contribution in [1.82, 2.24) is 9.80 Å². The van der Waals surface area contributed by atoms with Gasteiger partial charge in [-0.3, -0.25) is 4.90 Å². The molecule has 3 rings (SSSR count). The molecule has 1 fully saturated rings. The van der Waals surface area contributed by atoms with E-state index in [1.54, 1.807) is 23.1 Å². The fourth-order valence-corrected chi connectivity index (χ4v) is 3.40. The SMILES string of the molecule is CN(C)[C@H]1CCN(C(=O)N(Cc2ccccc2F)c2ccc(F)c(Cl)c2)C1. The molecule has 0 bridgehead atoms. The zero-order valence-corrected chi connectivity index (χ0v) is 16.1. The van der Waals surface area contributed by atoms with Gasteiger partial charge < -0.3 is 9.80 Å². The van der Waals surface area contributed by atoms with Gasteiger partial charge in [-0.1, -0.05) is 29.8 Å². The van der Waals surface area contributed by atoms with E-state index in [4.69, 9.17) is 11.6 Å². The lowest BCUT2D eigenvalue weighted by molar-refractivity contribution is 0.209. The molecule has 0 N–H and O–H groups in total. The number of likely N-dealkylation sites (tertiary alicyclic amines) is 1. The minimum atomic E-state index is -0.562. The molecule has 144 valence electrons. The first-order chi connectivity index (χ1) is 12.9. The average molecular weight is 394 g/mol. The van der Waals surface area contributed by atoms with Crippen molar-refractivity contribution in [1.29, 1.82) is 0 Å². The first-order valence-electron chi connectivity index (χ1n) is 8.78. The smallest absolute Gasteiger partial charge is 0.323 e. The van der Waals surface area contributed by atoms with Crippen LogP contribution in [0, 0.1) is 11.6 Å². The van der Waals surface area contributed by atoms with Crippen LogP contribution in [-0.2, 0) is 6.54 Å². The van der Waals surface area contributed by atoms with Crippen LogP contribution in [0.5, 0.6) is 0 Å². The maximum atomic E-state index is 14.2. The molecule has 4 nitrogen and oxygen atoms in total. The lowest BCUT2D eigenvalue weighted by Crippen LogP contribution is -2.43. The van der Waals surface area contributed by atoms with E-state index in [0.29, 0.717) is 24.3 Å². The van der Waals surface area contributed by atoms with E-state index in [9.17, 15) is 13.6 Å². The van der Waals surface area contributed by atoms with Crippen molar-refractivity contribution in [2.24, 2.45) is 0 Å². The molecule has 0 spiro atoms. The summed E-state index contributed by atoms with van der Waals surface area (Å²) in [5.41, 5.74) is 0.817. The number of likely N-dealkylation sites (N-methyl/N-ethyl adjacent to an activating group) is 1.